The second-order valence-electron chi connectivity index (χ2n) is 6.02. The minimum Gasteiger partial charge on any atom is -0.350 e. The van der Waals surface area contributed by atoms with Crippen molar-refractivity contribution in [1.82, 2.24) is 10.6 Å². The lowest BCUT2D eigenvalue weighted by Gasteiger charge is -2.25. The summed E-state index contributed by atoms with van der Waals surface area (Å²) in [4.78, 5) is 11.9. The summed E-state index contributed by atoms with van der Waals surface area (Å²) in [5.41, 5.74) is 0.289. The molecule has 1 rings (SSSR count). The Kier molecular flexibility index (Phi) is 5.22. The molecule has 2 unspecified atom stereocenters. The Bertz CT molecular complexity index is 483. The molecule has 1 amide bonds. The molecule has 0 fully saturated rings. The average Bonchev–Trinajstić information content (AvgIpc) is 2.30. The van der Waals surface area contributed by atoms with Crippen LogP contribution >= 0.6 is 0 Å². The Morgan fingerprint density at radius 1 is 1.15 bits per heavy atom. The first-order valence-corrected chi connectivity index (χ1v) is 6.63. The van der Waals surface area contributed by atoms with Crippen molar-refractivity contribution < 1.29 is 13.6 Å². The predicted molar refractivity (Wildman–Crippen MR) is 75.3 cm³/mol. The van der Waals surface area contributed by atoms with E-state index in [0.29, 0.717) is 5.56 Å². The van der Waals surface area contributed by atoms with Crippen LogP contribution in [0.5, 0.6) is 0 Å². The van der Waals surface area contributed by atoms with Crippen LogP contribution in [0.2, 0.25) is 0 Å². The molecule has 0 saturated carbocycles. The van der Waals surface area contributed by atoms with Gasteiger partial charge < -0.3 is 5.32 Å². The third kappa shape index (κ3) is 4.89. The van der Waals surface area contributed by atoms with E-state index in [2.05, 4.69) is 10.6 Å². The fourth-order valence-electron chi connectivity index (χ4n) is 1.81. The van der Waals surface area contributed by atoms with E-state index >= 15 is 0 Å². The SMILES string of the molecule is CC(NC(C)c1ccc(F)c(F)c1)C(=O)NC(C)(C)C. The quantitative estimate of drug-likeness (QED) is 0.892. The summed E-state index contributed by atoms with van der Waals surface area (Å²) < 4.78 is 26.1. The van der Waals surface area contributed by atoms with Gasteiger partial charge in [0.1, 0.15) is 0 Å². The Morgan fingerprint density at radius 3 is 2.25 bits per heavy atom. The third-order valence-corrected chi connectivity index (χ3v) is 2.84. The smallest absolute Gasteiger partial charge is 0.237 e. The van der Waals surface area contributed by atoms with Gasteiger partial charge in [0.05, 0.1) is 6.04 Å². The molecular weight excluding hydrogens is 262 g/mol. The van der Waals surface area contributed by atoms with Crippen molar-refractivity contribution >= 4 is 5.91 Å². The first kappa shape index (κ1) is 16.6. The van der Waals surface area contributed by atoms with Crippen LogP contribution < -0.4 is 10.6 Å². The average molecular weight is 284 g/mol. The van der Waals surface area contributed by atoms with Gasteiger partial charge in [-0.25, -0.2) is 8.78 Å². The van der Waals surface area contributed by atoms with Gasteiger partial charge >= 0.3 is 0 Å². The Labute approximate surface area is 118 Å². The van der Waals surface area contributed by atoms with E-state index < -0.39 is 17.7 Å². The summed E-state index contributed by atoms with van der Waals surface area (Å²) in [5, 5.41) is 5.92. The molecule has 3 nitrogen and oxygen atoms in total. The number of hydrogen-bond donors (Lipinski definition) is 2. The van der Waals surface area contributed by atoms with E-state index in [9.17, 15) is 13.6 Å². The number of carbonyl (C=O) groups excluding carboxylic acids is 1. The largest absolute Gasteiger partial charge is 0.350 e. The highest BCUT2D eigenvalue weighted by atomic mass is 19.2. The number of nitrogens with one attached hydrogen (secondary N) is 2. The summed E-state index contributed by atoms with van der Waals surface area (Å²) in [7, 11) is 0. The molecule has 0 saturated heterocycles. The van der Waals surface area contributed by atoms with Crippen LogP contribution in [-0.2, 0) is 4.79 Å². The molecule has 0 heterocycles. The fraction of sp³-hybridized carbons (Fsp3) is 0.533. The molecule has 1 aromatic rings. The second-order valence-corrected chi connectivity index (χ2v) is 6.02. The summed E-state index contributed by atoms with van der Waals surface area (Å²) >= 11 is 0. The zero-order valence-electron chi connectivity index (χ0n) is 12.6. The van der Waals surface area contributed by atoms with Gasteiger partial charge in [-0.15, -0.1) is 0 Å². The first-order valence-electron chi connectivity index (χ1n) is 6.63. The number of hydrogen-bond acceptors (Lipinski definition) is 2. The van der Waals surface area contributed by atoms with Crippen molar-refractivity contribution in [3.8, 4) is 0 Å². The standard InChI is InChI=1S/C15H22F2N2O/c1-9(11-6-7-12(16)13(17)8-11)18-10(2)14(20)19-15(3,4)5/h6-10,18H,1-5H3,(H,19,20). The maximum Gasteiger partial charge on any atom is 0.237 e. The molecule has 0 aliphatic rings. The van der Waals surface area contributed by atoms with E-state index in [1.165, 1.54) is 6.07 Å². The van der Waals surface area contributed by atoms with E-state index in [1.54, 1.807) is 13.8 Å². The van der Waals surface area contributed by atoms with Gasteiger partial charge in [0.25, 0.3) is 0 Å². The summed E-state index contributed by atoms with van der Waals surface area (Å²) in [5.74, 6) is -1.89. The molecule has 0 radical (unpaired) electrons. The molecule has 0 bridgehead atoms. The van der Waals surface area contributed by atoms with Crippen LogP contribution in [0.4, 0.5) is 8.78 Å². The lowest BCUT2D eigenvalue weighted by Crippen LogP contribution is -2.49. The molecular formula is C15H22F2N2O. The molecule has 1 aromatic carbocycles. The van der Waals surface area contributed by atoms with Crippen molar-refractivity contribution in [2.75, 3.05) is 0 Å². The third-order valence-electron chi connectivity index (χ3n) is 2.84. The van der Waals surface area contributed by atoms with E-state index in [-0.39, 0.29) is 17.5 Å². The Morgan fingerprint density at radius 2 is 1.75 bits per heavy atom. The molecule has 112 valence electrons. The summed E-state index contributed by atoms with van der Waals surface area (Å²) in [6.45, 7) is 9.23. The van der Waals surface area contributed by atoms with E-state index in [0.717, 1.165) is 12.1 Å². The lowest BCUT2D eigenvalue weighted by molar-refractivity contribution is -0.124. The fourth-order valence-corrected chi connectivity index (χ4v) is 1.81. The van der Waals surface area contributed by atoms with Gasteiger partial charge in [-0.2, -0.15) is 0 Å². The van der Waals surface area contributed by atoms with Crippen LogP contribution in [0, 0.1) is 11.6 Å². The van der Waals surface area contributed by atoms with E-state index in [4.69, 9.17) is 0 Å². The molecule has 5 heteroatoms. The van der Waals surface area contributed by atoms with Crippen LogP contribution in [0.1, 0.15) is 46.2 Å². The first-order chi connectivity index (χ1) is 9.10. The number of halogens is 2. The van der Waals surface area contributed by atoms with Crippen molar-refractivity contribution in [2.24, 2.45) is 0 Å². The van der Waals surface area contributed by atoms with E-state index in [1.807, 2.05) is 20.8 Å². The van der Waals surface area contributed by atoms with Gasteiger partial charge in [-0.05, 0) is 52.3 Å². The Hall–Kier alpha value is -1.49. The normalized spacial score (nSPS) is 14.8. The number of benzene rings is 1. The summed E-state index contributed by atoms with van der Waals surface area (Å²) in [6.07, 6.45) is 0. The van der Waals surface area contributed by atoms with Crippen molar-refractivity contribution in [3.63, 3.8) is 0 Å². The van der Waals surface area contributed by atoms with Gasteiger partial charge in [0, 0.05) is 11.6 Å². The highest BCUT2D eigenvalue weighted by molar-refractivity contribution is 5.81. The number of carbonyl (C=O) groups is 1. The maximum absolute atomic E-state index is 13.2. The molecule has 0 aromatic heterocycles. The van der Waals surface area contributed by atoms with Gasteiger partial charge in [-0.1, -0.05) is 6.07 Å². The van der Waals surface area contributed by atoms with Crippen molar-refractivity contribution in [2.45, 2.75) is 52.2 Å². The van der Waals surface area contributed by atoms with Crippen molar-refractivity contribution in [3.05, 3.63) is 35.4 Å². The van der Waals surface area contributed by atoms with Crippen LogP contribution in [-0.4, -0.2) is 17.5 Å². The van der Waals surface area contributed by atoms with Gasteiger partial charge in [0.2, 0.25) is 5.91 Å². The van der Waals surface area contributed by atoms with Crippen LogP contribution in [0.25, 0.3) is 0 Å². The minimum absolute atomic E-state index is 0.132. The summed E-state index contributed by atoms with van der Waals surface area (Å²) in [6, 6.07) is 3.04. The molecule has 0 spiro atoms. The zero-order chi connectivity index (χ0) is 15.5. The molecule has 20 heavy (non-hydrogen) atoms. The molecule has 2 N–H and O–H groups in total. The van der Waals surface area contributed by atoms with Gasteiger partial charge in [0.15, 0.2) is 11.6 Å². The highest BCUT2D eigenvalue weighted by Crippen LogP contribution is 2.16. The van der Waals surface area contributed by atoms with Crippen LogP contribution in [0.3, 0.4) is 0 Å². The second kappa shape index (κ2) is 6.31. The number of amides is 1. The molecule has 0 aliphatic carbocycles. The topological polar surface area (TPSA) is 41.1 Å². The zero-order valence-corrected chi connectivity index (χ0v) is 12.6. The minimum atomic E-state index is -0.886. The van der Waals surface area contributed by atoms with Gasteiger partial charge in [-0.3, -0.25) is 10.1 Å². The Balaban J connectivity index is 2.67. The van der Waals surface area contributed by atoms with Crippen LogP contribution in [0.15, 0.2) is 18.2 Å². The monoisotopic (exact) mass is 284 g/mol. The number of rotatable bonds is 4. The molecule has 0 aliphatic heterocycles. The lowest BCUT2D eigenvalue weighted by atomic mass is 10.1. The maximum atomic E-state index is 13.2. The van der Waals surface area contributed by atoms with Crippen molar-refractivity contribution in [1.29, 1.82) is 0 Å². The predicted octanol–water partition coefficient (Wildman–Crippen LogP) is 2.92. The molecule has 2 atom stereocenters. The highest BCUT2D eigenvalue weighted by Gasteiger charge is 2.21.